The van der Waals surface area contributed by atoms with Crippen molar-refractivity contribution >= 4 is 10.9 Å². The molecule has 0 amide bonds. The zero-order valence-electron chi connectivity index (χ0n) is 19.9. The number of phenols is 1. The van der Waals surface area contributed by atoms with Crippen LogP contribution in [0.15, 0.2) is 53.3 Å². The monoisotopic (exact) mass is 463 g/mol. The first kappa shape index (κ1) is 24.5. The van der Waals surface area contributed by atoms with Gasteiger partial charge in [-0.05, 0) is 93.5 Å². The molecule has 6 heteroatoms. The molecule has 0 saturated carbocycles. The van der Waals surface area contributed by atoms with Crippen LogP contribution in [0.2, 0.25) is 0 Å². The van der Waals surface area contributed by atoms with Gasteiger partial charge in [0.15, 0.2) is 0 Å². The van der Waals surface area contributed by atoms with Gasteiger partial charge in [-0.15, -0.1) is 0 Å². The van der Waals surface area contributed by atoms with Crippen LogP contribution in [0.5, 0.6) is 5.75 Å². The Morgan fingerprint density at radius 1 is 0.912 bits per heavy atom. The summed E-state index contributed by atoms with van der Waals surface area (Å²) < 4.78 is 0. The minimum absolute atomic E-state index is 0.00190. The molecule has 6 nitrogen and oxygen atoms in total. The molecular formula is C28H37N3O3. The summed E-state index contributed by atoms with van der Waals surface area (Å²) in [5.41, 5.74) is 3.45. The van der Waals surface area contributed by atoms with Crippen molar-refractivity contribution in [3.63, 3.8) is 0 Å². The minimum Gasteiger partial charge on any atom is -0.506 e. The molecule has 1 saturated heterocycles. The highest BCUT2D eigenvalue weighted by Crippen LogP contribution is 2.28. The molecule has 0 radical (unpaired) electrons. The predicted octanol–water partition coefficient (Wildman–Crippen LogP) is 3.91. The smallest absolute Gasteiger partial charge is 0.248 e. The van der Waals surface area contributed by atoms with Crippen molar-refractivity contribution in [3.05, 3.63) is 75.6 Å². The van der Waals surface area contributed by atoms with E-state index in [9.17, 15) is 15.0 Å². The standard InChI is InChI=1S/C28H37N3O3/c32-25-13-11-23(24-12-14-27(34)30-28(24)25)26(33)20-29-16-15-22-9-7-21(8-10-22)6-2-5-19-31-17-3-1-4-18-31/h7-14,26,29,32-33H,1-6,15-20H2,(H,30,34)/t26-/m0/s1. The molecule has 4 rings (SSSR count). The topological polar surface area (TPSA) is 88.6 Å². The average Bonchev–Trinajstić information content (AvgIpc) is 2.86. The van der Waals surface area contributed by atoms with Gasteiger partial charge in [0.2, 0.25) is 5.56 Å². The van der Waals surface area contributed by atoms with E-state index >= 15 is 0 Å². The predicted molar refractivity (Wildman–Crippen MR) is 137 cm³/mol. The zero-order chi connectivity index (χ0) is 23.8. The van der Waals surface area contributed by atoms with Gasteiger partial charge < -0.3 is 25.4 Å². The lowest BCUT2D eigenvalue weighted by Crippen LogP contribution is -2.30. The number of aromatic nitrogens is 1. The second-order valence-corrected chi connectivity index (χ2v) is 9.43. The van der Waals surface area contributed by atoms with Gasteiger partial charge >= 0.3 is 0 Å². The number of unbranched alkanes of at least 4 members (excludes halogenated alkanes) is 1. The molecule has 0 bridgehead atoms. The Hall–Kier alpha value is -2.67. The molecule has 1 fully saturated rings. The van der Waals surface area contributed by atoms with Crippen LogP contribution in [0.3, 0.4) is 0 Å². The number of fused-ring (bicyclic) bond motifs is 1. The van der Waals surface area contributed by atoms with Gasteiger partial charge in [-0.3, -0.25) is 4.79 Å². The summed E-state index contributed by atoms with van der Waals surface area (Å²) in [7, 11) is 0. The Morgan fingerprint density at radius 2 is 1.65 bits per heavy atom. The summed E-state index contributed by atoms with van der Waals surface area (Å²) in [5, 5.41) is 24.6. The summed E-state index contributed by atoms with van der Waals surface area (Å²) in [6.07, 6.45) is 7.96. The summed E-state index contributed by atoms with van der Waals surface area (Å²) >= 11 is 0. The number of H-pyrrole nitrogens is 1. The Morgan fingerprint density at radius 3 is 2.41 bits per heavy atom. The molecule has 182 valence electrons. The Kier molecular flexibility index (Phi) is 8.74. The third-order valence-electron chi connectivity index (χ3n) is 6.86. The number of hydrogen-bond donors (Lipinski definition) is 4. The number of benzene rings is 2. The molecule has 0 spiro atoms. The number of likely N-dealkylation sites (tertiary alicyclic amines) is 1. The fourth-order valence-corrected chi connectivity index (χ4v) is 4.85. The van der Waals surface area contributed by atoms with E-state index in [4.69, 9.17) is 0 Å². The van der Waals surface area contributed by atoms with Crippen molar-refractivity contribution in [1.29, 1.82) is 0 Å². The number of nitrogens with zero attached hydrogens (tertiary/aromatic N) is 1. The van der Waals surface area contributed by atoms with E-state index in [0.29, 0.717) is 23.0 Å². The number of aliphatic hydroxyl groups excluding tert-OH is 1. The van der Waals surface area contributed by atoms with E-state index in [-0.39, 0.29) is 11.3 Å². The first-order chi connectivity index (χ1) is 16.6. The van der Waals surface area contributed by atoms with Gasteiger partial charge in [-0.2, -0.15) is 0 Å². The molecule has 1 aliphatic heterocycles. The zero-order valence-corrected chi connectivity index (χ0v) is 19.9. The first-order valence-corrected chi connectivity index (χ1v) is 12.6. The summed E-state index contributed by atoms with van der Waals surface area (Å²) in [6, 6.07) is 15.2. The van der Waals surface area contributed by atoms with E-state index in [0.717, 1.165) is 19.4 Å². The van der Waals surface area contributed by atoms with Crippen LogP contribution in [-0.4, -0.2) is 52.8 Å². The van der Waals surface area contributed by atoms with Crippen LogP contribution in [0.1, 0.15) is 54.9 Å². The third-order valence-corrected chi connectivity index (χ3v) is 6.86. The number of aromatic amines is 1. The summed E-state index contributed by atoms with van der Waals surface area (Å²) in [6.45, 7) is 4.97. The van der Waals surface area contributed by atoms with Gasteiger partial charge in [-0.25, -0.2) is 0 Å². The van der Waals surface area contributed by atoms with E-state index in [1.165, 1.54) is 75.0 Å². The summed E-state index contributed by atoms with van der Waals surface area (Å²) in [5.74, 6) is 0.00190. The van der Waals surface area contributed by atoms with Crippen molar-refractivity contribution in [3.8, 4) is 5.75 Å². The number of rotatable bonds is 11. The number of phenolic OH excluding ortho intramolecular Hbond substituents is 1. The number of aryl methyl sites for hydroxylation is 1. The first-order valence-electron chi connectivity index (χ1n) is 12.6. The molecule has 1 aromatic heterocycles. The molecule has 4 N–H and O–H groups in total. The molecule has 2 heterocycles. The van der Waals surface area contributed by atoms with Crippen molar-refractivity contribution in [2.75, 3.05) is 32.7 Å². The number of nitrogens with one attached hydrogen (secondary N) is 2. The van der Waals surface area contributed by atoms with E-state index in [1.54, 1.807) is 12.1 Å². The lowest BCUT2D eigenvalue weighted by Gasteiger charge is -2.26. The van der Waals surface area contributed by atoms with Crippen LogP contribution in [0, 0.1) is 0 Å². The van der Waals surface area contributed by atoms with Crippen LogP contribution in [0.25, 0.3) is 10.9 Å². The summed E-state index contributed by atoms with van der Waals surface area (Å²) in [4.78, 5) is 16.8. The molecule has 3 aromatic rings. The molecular weight excluding hydrogens is 426 g/mol. The lowest BCUT2D eigenvalue weighted by atomic mass is 10.0. The number of aliphatic hydroxyl groups is 1. The molecule has 34 heavy (non-hydrogen) atoms. The maximum atomic E-state index is 11.6. The average molecular weight is 464 g/mol. The van der Waals surface area contributed by atoms with Crippen molar-refractivity contribution < 1.29 is 10.2 Å². The normalized spacial score (nSPS) is 15.6. The van der Waals surface area contributed by atoms with Crippen LogP contribution < -0.4 is 10.9 Å². The second kappa shape index (κ2) is 12.2. The number of pyridine rings is 1. The van der Waals surface area contributed by atoms with E-state index in [1.807, 2.05) is 0 Å². The van der Waals surface area contributed by atoms with E-state index in [2.05, 4.69) is 39.5 Å². The molecule has 1 aliphatic rings. The van der Waals surface area contributed by atoms with Gasteiger partial charge in [-0.1, -0.05) is 36.8 Å². The van der Waals surface area contributed by atoms with Gasteiger partial charge in [0.1, 0.15) is 5.75 Å². The molecule has 1 atom stereocenters. The maximum absolute atomic E-state index is 11.6. The largest absolute Gasteiger partial charge is 0.506 e. The lowest BCUT2D eigenvalue weighted by molar-refractivity contribution is 0.176. The van der Waals surface area contributed by atoms with Gasteiger partial charge in [0, 0.05) is 18.0 Å². The van der Waals surface area contributed by atoms with Crippen LogP contribution in [-0.2, 0) is 12.8 Å². The number of aromatic hydroxyl groups is 1. The van der Waals surface area contributed by atoms with Crippen molar-refractivity contribution in [1.82, 2.24) is 15.2 Å². The van der Waals surface area contributed by atoms with Gasteiger partial charge in [0.05, 0.1) is 11.6 Å². The fourth-order valence-electron chi connectivity index (χ4n) is 4.85. The molecule has 0 unspecified atom stereocenters. The van der Waals surface area contributed by atoms with E-state index < -0.39 is 6.10 Å². The highest BCUT2D eigenvalue weighted by atomic mass is 16.3. The van der Waals surface area contributed by atoms with Crippen molar-refractivity contribution in [2.45, 2.75) is 51.0 Å². The highest BCUT2D eigenvalue weighted by molar-refractivity contribution is 5.87. The maximum Gasteiger partial charge on any atom is 0.248 e. The highest BCUT2D eigenvalue weighted by Gasteiger charge is 2.14. The van der Waals surface area contributed by atoms with Gasteiger partial charge in [0.25, 0.3) is 0 Å². The van der Waals surface area contributed by atoms with Crippen molar-refractivity contribution in [2.24, 2.45) is 0 Å². The quantitative estimate of drug-likeness (QED) is 0.324. The number of piperidine rings is 1. The SMILES string of the molecule is O=c1ccc2c([C@@H](O)CNCCc3ccc(CCCCN4CCCCC4)cc3)ccc(O)c2[nH]1. The second-order valence-electron chi connectivity index (χ2n) is 9.43. The minimum atomic E-state index is -0.735. The third kappa shape index (κ3) is 6.69. The Balaban J connectivity index is 1.18. The van der Waals surface area contributed by atoms with Crippen LogP contribution >= 0.6 is 0 Å². The van der Waals surface area contributed by atoms with Crippen LogP contribution in [0.4, 0.5) is 0 Å². The Labute approximate surface area is 201 Å². The Bertz CT molecular complexity index is 1100. The molecule has 2 aromatic carbocycles. The number of hydrogen-bond acceptors (Lipinski definition) is 5. The fraction of sp³-hybridized carbons (Fsp3) is 0.464. The molecule has 0 aliphatic carbocycles.